The summed E-state index contributed by atoms with van der Waals surface area (Å²) in [4.78, 5) is 12.3. The van der Waals surface area contributed by atoms with E-state index in [4.69, 9.17) is 10.2 Å². The number of hydrogen-bond acceptors (Lipinski definition) is 4. The highest BCUT2D eigenvalue weighted by Gasteiger charge is 2.39. The van der Waals surface area contributed by atoms with Crippen LogP contribution in [0.1, 0.15) is 29.8 Å². The normalized spacial score (nSPS) is 26.3. The summed E-state index contributed by atoms with van der Waals surface area (Å²) in [5.74, 6) is 0.895. The van der Waals surface area contributed by atoms with Gasteiger partial charge in [0.25, 0.3) is 5.91 Å². The molecule has 4 rings (SSSR count). The lowest BCUT2D eigenvalue weighted by Gasteiger charge is -2.20. The molecule has 0 spiro atoms. The molecule has 5 heteroatoms. The number of nitrogens with one attached hydrogen (secondary N) is 2. The molecule has 3 atom stereocenters. The first kappa shape index (κ1) is 13.4. The van der Waals surface area contributed by atoms with Crippen molar-refractivity contribution in [2.24, 2.45) is 0 Å². The lowest BCUT2D eigenvalue weighted by atomic mass is 9.95. The van der Waals surface area contributed by atoms with Gasteiger partial charge in [-0.1, -0.05) is 0 Å². The van der Waals surface area contributed by atoms with Crippen LogP contribution >= 0.6 is 0 Å². The molecule has 5 nitrogen and oxygen atoms in total. The van der Waals surface area contributed by atoms with Crippen molar-refractivity contribution in [2.75, 3.05) is 5.73 Å². The van der Waals surface area contributed by atoms with Gasteiger partial charge in [-0.25, -0.2) is 0 Å². The Balaban J connectivity index is 1.46. The summed E-state index contributed by atoms with van der Waals surface area (Å²) in [6.45, 7) is 0. The molecular weight excluding hydrogens is 278 g/mol. The number of anilines is 1. The molecule has 2 bridgehead atoms. The van der Waals surface area contributed by atoms with Crippen molar-refractivity contribution < 1.29 is 9.21 Å². The molecule has 2 aromatic rings. The van der Waals surface area contributed by atoms with Crippen LogP contribution in [0.5, 0.6) is 0 Å². The van der Waals surface area contributed by atoms with Gasteiger partial charge >= 0.3 is 0 Å². The van der Waals surface area contributed by atoms with Crippen LogP contribution in [-0.4, -0.2) is 24.0 Å². The molecule has 22 heavy (non-hydrogen) atoms. The van der Waals surface area contributed by atoms with E-state index >= 15 is 0 Å². The van der Waals surface area contributed by atoms with Gasteiger partial charge < -0.3 is 20.8 Å². The van der Waals surface area contributed by atoms with Gasteiger partial charge in [-0.15, -0.1) is 0 Å². The smallest absolute Gasteiger partial charge is 0.287 e. The Morgan fingerprint density at radius 3 is 2.68 bits per heavy atom. The number of carbonyl (C=O) groups excluding carboxylic acids is 1. The van der Waals surface area contributed by atoms with Crippen LogP contribution in [0.4, 0.5) is 5.69 Å². The standard InChI is InChI=1S/C17H19N3O2/c18-11-3-1-10(2-4-11)15-7-8-16(22-15)17(21)20-14-9-12-5-6-13(14)19-12/h1-4,7-8,12-14,19H,5-6,9,18H2,(H,20,21)/t12-,13+,14-/m1/s1. The molecule has 0 saturated carbocycles. The molecule has 114 valence electrons. The van der Waals surface area contributed by atoms with Crippen LogP contribution in [0.3, 0.4) is 0 Å². The lowest BCUT2D eigenvalue weighted by molar-refractivity contribution is 0.0903. The van der Waals surface area contributed by atoms with E-state index < -0.39 is 0 Å². The summed E-state index contributed by atoms with van der Waals surface area (Å²) in [5.41, 5.74) is 7.30. The zero-order valence-corrected chi connectivity index (χ0v) is 12.2. The van der Waals surface area contributed by atoms with Crippen LogP contribution < -0.4 is 16.4 Å². The predicted octanol–water partition coefficient (Wildman–Crippen LogP) is 2.15. The van der Waals surface area contributed by atoms with E-state index in [1.165, 1.54) is 6.42 Å². The van der Waals surface area contributed by atoms with Crippen molar-refractivity contribution in [3.8, 4) is 11.3 Å². The maximum atomic E-state index is 12.3. The number of carbonyl (C=O) groups is 1. The van der Waals surface area contributed by atoms with E-state index in [1.54, 1.807) is 6.07 Å². The van der Waals surface area contributed by atoms with Gasteiger partial charge in [-0.2, -0.15) is 0 Å². The Kier molecular flexibility index (Phi) is 3.15. The van der Waals surface area contributed by atoms with Crippen molar-refractivity contribution in [1.29, 1.82) is 0 Å². The molecule has 2 fully saturated rings. The molecule has 1 aromatic heterocycles. The van der Waals surface area contributed by atoms with Crippen molar-refractivity contribution >= 4 is 11.6 Å². The second-order valence-electron chi connectivity index (χ2n) is 6.15. The first-order valence-electron chi connectivity index (χ1n) is 7.72. The fourth-order valence-electron chi connectivity index (χ4n) is 3.49. The number of nitrogen functional groups attached to an aromatic ring is 1. The molecule has 0 aliphatic carbocycles. The minimum Gasteiger partial charge on any atom is -0.451 e. The molecule has 0 unspecified atom stereocenters. The van der Waals surface area contributed by atoms with Gasteiger partial charge in [0.1, 0.15) is 5.76 Å². The number of nitrogens with two attached hydrogens (primary N) is 1. The van der Waals surface area contributed by atoms with Crippen molar-refractivity contribution in [3.63, 3.8) is 0 Å². The fourth-order valence-corrected chi connectivity index (χ4v) is 3.49. The predicted molar refractivity (Wildman–Crippen MR) is 84.4 cm³/mol. The van der Waals surface area contributed by atoms with Gasteiger partial charge in [-0.05, 0) is 55.7 Å². The van der Waals surface area contributed by atoms with Crippen LogP contribution in [0.2, 0.25) is 0 Å². The summed E-state index contributed by atoms with van der Waals surface area (Å²) < 4.78 is 5.69. The minimum absolute atomic E-state index is 0.138. The lowest BCUT2D eigenvalue weighted by Crippen LogP contribution is -2.42. The average Bonchev–Trinajstić information content (AvgIpc) is 3.24. The maximum absolute atomic E-state index is 12.3. The van der Waals surface area contributed by atoms with E-state index in [1.807, 2.05) is 30.3 Å². The average molecular weight is 297 g/mol. The number of fused-ring (bicyclic) bond motifs is 2. The Labute approximate surface area is 128 Å². The minimum atomic E-state index is -0.138. The van der Waals surface area contributed by atoms with Gasteiger partial charge in [0.15, 0.2) is 5.76 Å². The third-order valence-electron chi connectivity index (χ3n) is 4.64. The number of benzene rings is 1. The topological polar surface area (TPSA) is 80.3 Å². The molecule has 1 aromatic carbocycles. The highest BCUT2D eigenvalue weighted by molar-refractivity contribution is 5.92. The first-order chi connectivity index (χ1) is 10.7. The third-order valence-corrected chi connectivity index (χ3v) is 4.64. The van der Waals surface area contributed by atoms with Crippen molar-refractivity contribution in [1.82, 2.24) is 10.6 Å². The SMILES string of the molecule is Nc1ccc(-c2ccc(C(=O)N[C@@H]3C[C@H]4CC[C@@H]3N4)o2)cc1. The molecule has 2 aliphatic rings. The molecule has 1 amide bonds. The quantitative estimate of drug-likeness (QED) is 0.758. The second-order valence-corrected chi connectivity index (χ2v) is 6.15. The van der Waals surface area contributed by atoms with Crippen LogP contribution in [0.25, 0.3) is 11.3 Å². The summed E-state index contributed by atoms with van der Waals surface area (Å²) in [6.07, 6.45) is 3.38. The first-order valence-corrected chi connectivity index (χ1v) is 7.72. The molecule has 0 radical (unpaired) electrons. The monoisotopic (exact) mass is 297 g/mol. The van der Waals surface area contributed by atoms with Gasteiger partial charge in [0, 0.05) is 29.4 Å². The zero-order chi connectivity index (χ0) is 15.1. The fraction of sp³-hybridized carbons (Fsp3) is 0.353. The zero-order valence-electron chi connectivity index (χ0n) is 12.2. The summed E-state index contributed by atoms with van der Waals surface area (Å²) >= 11 is 0. The molecule has 3 heterocycles. The van der Waals surface area contributed by atoms with Crippen molar-refractivity contribution in [2.45, 2.75) is 37.4 Å². The van der Waals surface area contributed by atoms with Crippen molar-refractivity contribution in [3.05, 3.63) is 42.2 Å². The summed E-state index contributed by atoms with van der Waals surface area (Å²) in [7, 11) is 0. The van der Waals surface area contributed by atoms with Gasteiger partial charge in [0.2, 0.25) is 0 Å². The number of hydrogen-bond donors (Lipinski definition) is 3. The van der Waals surface area contributed by atoms with E-state index in [-0.39, 0.29) is 11.9 Å². The molecule has 2 saturated heterocycles. The Bertz CT molecular complexity index is 692. The Morgan fingerprint density at radius 1 is 1.18 bits per heavy atom. The van der Waals surface area contributed by atoms with E-state index in [9.17, 15) is 4.79 Å². The molecular formula is C17H19N3O2. The van der Waals surface area contributed by atoms with E-state index in [0.717, 1.165) is 18.4 Å². The molecule has 4 N–H and O–H groups in total. The Hall–Kier alpha value is -2.27. The van der Waals surface area contributed by atoms with E-state index in [0.29, 0.717) is 29.3 Å². The highest BCUT2D eigenvalue weighted by Crippen LogP contribution is 2.29. The highest BCUT2D eigenvalue weighted by atomic mass is 16.3. The third kappa shape index (κ3) is 2.37. The second kappa shape index (κ2) is 5.18. The van der Waals surface area contributed by atoms with E-state index in [2.05, 4.69) is 10.6 Å². The summed E-state index contributed by atoms with van der Waals surface area (Å²) in [6, 6.07) is 12.2. The number of rotatable bonds is 3. The Morgan fingerprint density at radius 2 is 2.00 bits per heavy atom. The van der Waals surface area contributed by atoms with Crippen LogP contribution in [0, 0.1) is 0 Å². The number of amides is 1. The number of furan rings is 1. The summed E-state index contributed by atoms with van der Waals surface area (Å²) in [5, 5.41) is 6.60. The maximum Gasteiger partial charge on any atom is 0.287 e. The van der Waals surface area contributed by atoms with Gasteiger partial charge in [0.05, 0.1) is 0 Å². The van der Waals surface area contributed by atoms with Crippen LogP contribution in [-0.2, 0) is 0 Å². The van der Waals surface area contributed by atoms with Crippen LogP contribution in [0.15, 0.2) is 40.8 Å². The largest absolute Gasteiger partial charge is 0.451 e. The van der Waals surface area contributed by atoms with Gasteiger partial charge in [-0.3, -0.25) is 4.79 Å². The molecule has 2 aliphatic heterocycles.